The van der Waals surface area contributed by atoms with Crippen LogP contribution in [0, 0.1) is 5.92 Å². The lowest BCUT2D eigenvalue weighted by Crippen LogP contribution is -2.53. The van der Waals surface area contributed by atoms with E-state index in [9.17, 15) is 13.2 Å². The molecule has 0 aliphatic carbocycles. The number of hydrogen-bond donors (Lipinski definition) is 0. The third-order valence-corrected chi connectivity index (χ3v) is 8.06. The number of rotatable bonds is 5. The maximum Gasteiger partial charge on any atom is 0.262 e. The smallest absolute Gasteiger partial charge is 0.262 e. The van der Waals surface area contributed by atoms with Crippen LogP contribution in [0.4, 0.5) is 5.69 Å². The molecule has 1 amide bonds. The van der Waals surface area contributed by atoms with Crippen molar-refractivity contribution >= 4 is 33.2 Å². The van der Waals surface area contributed by atoms with Gasteiger partial charge >= 0.3 is 0 Å². The van der Waals surface area contributed by atoms with Crippen LogP contribution >= 0.6 is 11.6 Å². The highest BCUT2D eigenvalue weighted by atomic mass is 35.5. The highest BCUT2D eigenvalue weighted by Crippen LogP contribution is 2.26. The number of piperazine rings is 1. The first kappa shape index (κ1) is 22.1. The van der Waals surface area contributed by atoms with E-state index in [2.05, 4.69) is 9.88 Å². The number of hydrogen-bond acceptors (Lipinski definition) is 5. The molecule has 1 aromatic heterocycles. The van der Waals surface area contributed by atoms with E-state index in [1.54, 1.807) is 10.8 Å². The summed E-state index contributed by atoms with van der Waals surface area (Å²) in [7, 11) is -3.69. The maximum absolute atomic E-state index is 13.2. The summed E-state index contributed by atoms with van der Waals surface area (Å²) in [6, 6.07) is 7.73. The Morgan fingerprint density at radius 3 is 2.65 bits per heavy atom. The molecule has 3 heterocycles. The molecule has 168 valence electrons. The van der Waals surface area contributed by atoms with Gasteiger partial charge in [0.2, 0.25) is 5.91 Å². The Kier molecular flexibility index (Phi) is 6.55. The van der Waals surface area contributed by atoms with E-state index < -0.39 is 10.0 Å². The standard InChI is InChI=1S/C21H28ClN5O3S/c1-2-24-15-20(23-16-24)31(29,30)27-8-4-5-17(14-27)21(28)26-11-9-25(10-12-26)19-7-3-6-18(22)13-19/h3,6-7,13,15-17H,2,4-5,8-12,14H2,1H3/t17-/m1/s1. The Balaban J connectivity index is 1.38. The fourth-order valence-electron chi connectivity index (χ4n) is 4.26. The molecule has 2 aliphatic rings. The van der Waals surface area contributed by atoms with Gasteiger partial charge in [-0.25, -0.2) is 13.4 Å². The average molecular weight is 466 g/mol. The van der Waals surface area contributed by atoms with Crippen molar-refractivity contribution in [3.8, 4) is 0 Å². The lowest BCUT2D eigenvalue weighted by Gasteiger charge is -2.39. The lowest BCUT2D eigenvalue weighted by molar-refractivity contribution is -0.137. The van der Waals surface area contributed by atoms with Gasteiger partial charge in [-0.15, -0.1) is 0 Å². The molecule has 0 radical (unpaired) electrons. The molecule has 8 nitrogen and oxygen atoms in total. The number of piperidine rings is 1. The Bertz CT molecular complexity index is 1030. The van der Waals surface area contributed by atoms with Crippen molar-refractivity contribution in [1.29, 1.82) is 0 Å². The molecule has 1 aromatic carbocycles. The minimum Gasteiger partial charge on any atom is -0.368 e. The summed E-state index contributed by atoms with van der Waals surface area (Å²) < 4.78 is 29.1. The lowest BCUT2D eigenvalue weighted by atomic mass is 9.97. The van der Waals surface area contributed by atoms with Crippen molar-refractivity contribution in [2.75, 3.05) is 44.2 Å². The van der Waals surface area contributed by atoms with Crippen molar-refractivity contribution in [2.45, 2.75) is 31.3 Å². The van der Waals surface area contributed by atoms with E-state index in [-0.39, 0.29) is 23.4 Å². The molecule has 2 saturated heterocycles. The topological polar surface area (TPSA) is 78.8 Å². The number of amides is 1. The second kappa shape index (κ2) is 9.18. The zero-order chi connectivity index (χ0) is 22.0. The van der Waals surface area contributed by atoms with Crippen molar-refractivity contribution in [3.05, 3.63) is 41.8 Å². The van der Waals surface area contributed by atoms with E-state index >= 15 is 0 Å². The molecule has 2 aromatic rings. The second-order valence-corrected chi connectivity index (χ2v) is 10.4. The Labute approximate surface area is 188 Å². The number of aryl methyl sites for hydroxylation is 1. The van der Waals surface area contributed by atoms with Crippen LogP contribution in [0.5, 0.6) is 0 Å². The summed E-state index contributed by atoms with van der Waals surface area (Å²) >= 11 is 6.10. The van der Waals surface area contributed by atoms with Crippen LogP contribution in [0.3, 0.4) is 0 Å². The predicted octanol–water partition coefficient (Wildman–Crippen LogP) is 2.31. The quantitative estimate of drug-likeness (QED) is 0.677. The van der Waals surface area contributed by atoms with Gasteiger partial charge in [0.1, 0.15) is 0 Å². The van der Waals surface area contributed by atoms with Gasteiger partial charge in [0.05, 0.1) is 12.2 Å². The largest absolute Gasteiger partial charge is 0.368 e. The Morgan fingerprint density at radius 1 is 1.19 bits per heavy atom. The number of benzene rings is 1. The van der Waals surface area contributed by atoms with Crippen LogP contribution in [-0.4, -0.2) is 72.3 Å². The zero-order valence-electron chi connectivity index (χ0n) is 17.7. The van der Waals surface area contributed by atoms with Gasteiger partial charge in [0, 0.05) is 62.7 Å². The SMILES string of the molecule is CCn1cnc(S(=O)(=O)N2CCC[C@@H](C(=O)N3CCN(c4cccc(Cl)c4)CC3)C2)c1. The molecule has 2 aliphatic heterocycles. The van der Waals surface area contributed by atoms with Crippen LogP contribution < -0.4 is 4.90 Å². The van der Waals surface area contributed by atoms with E-state index in [4.69, 9.17) is 11.6 Å². The molecule has 0 saturated carbocycles. The molecule has 2 fully saturated rings. The van der Waals surface area contributed by atoms with E-state index in [1.165, 1.54) is 10.6 Å². The van der Waals surface area contributed by atoms with Gasteiger partial charge in [-0.05, 0) is 38.0 Å². The fourth-order valence-corrected chi connectivity index (χ4v) is 5.90. The van der Waals surface area contributed by atoms with Gasteiger partial charge < -0.3 is 14.4 Å². The van der Waals surface area contributed by atoms with Crippen LogP contribution in [0.25, 0.3) is 0 Å². The summed E-state index contributed by atoms with van der Waals surface area (Å²) in [6.45, 7) is 5.93. The first-order valence-electron chi connectivity index (χ1n) is 10.7. The average Bonchev–Trinajstić information content (AvgIpc) is 3.29. The minimum atomic E-state index is -3.69. The Hall–Kier alpha value is -2.10. The highest BCUT2D eigenvalue weighted by Gasteiger charge is 2.36. The number of aromatic nitrogens is 2. The molecule has 0 unspecified atom stereocenters. The number of imidazole rings is 1. The van der Waals surface area contributed by atoms with Gasteiger partial charge in [-0.1, -0.05) is 17.7 Å². The van der Waals surface area contributed by atoms with Gasteiger partial charge in [0.25, 0.3) is 10.0 Å². The van der Waals surface area contributed by atoms with E-state index in [1.807, 2.05) is 36.1 Å². The number of halogens is 1. The second-order valence-electron chi connectivity index (χ2n) is 8.04. The van der Waals surface area contributed by atoms with Crippen LogP contribution in [-0.2, 0) is 21.4 Å². The summed E-state index contributed by atoms with van der Waals surface area (Å²) in [4.78, 5) is 21.3. The van der Waals surface area contributed by atoms with Crippen LogP contribution in [0.15, 0.2) is 41.8 Å². The van der Waals surface area contributed by atoms with Crippen molar-refractivity contribution in [2.24, 2.45) is 5.92 Å². The fraction of sp³-hybridized carbons (Fsp3) is 0.524. The van der Waals surface area contributed by atoms with E-state index in [0.717, 1.165) is 18.8 Å². The number of carbonyl (C=O) groups excluding carboxylic acids is 1. The number of nitrogens with zero attached hydrogens (tertiary/aromatic N) is 5. The molecular weight excluding hydrogens is 438 g/mol. The summed E-state index contributed by atoms with van der Waals surface area (Å²) in [5.74, 6) is -0.265. The molecule has 10 heteroatoms. The van der Waals surface area contributed by atoms with Gasteiger partial charge in [-0.2, -0.15) is 4.31 Å². The van der Waals surface area contributed by atoms with Crippen molar-refractivity contribution in [1.82, 2.24) is 18.8 Å². The first-order valence-corrected chi connectivity index (χ1v) is 12.5. The molecule has 0 N–H and O–H groups in total. The maximum atomic E-state index is 13.2. The number of anilines is 1. The third kappa shape index (κ3) is 4.73. The minimum absolute atomic E-state index is 0.0460. The van der Waals surface area contributed by atoms with Crippen LogP contribution in [0.2, 0.25) is 5.02 Å². The van der Waals surface area contributed by atoms with Gasteiger partial charge in [-0.3, -0.25) is 4.79 Å². The molecule has 4 rings (SSSR count). The van der Waals surface area contributed by atoms with Crippen molar-refractivity contribution < 1.29 is 13.2 Å². The molecule has 1 atom stereocenters. The molecule has 31 heavy (non-hydrogen) atoms. The predicted molar refractivity (Wildman–Crippen MR) is 120 cm³/mol. The summed E-state index contributed by atoms with van der Waals surface area (Å²) in [6.07, 6.45) is 4.46. The van der Waals surface area contributed by atoms with Crippen LogP contribution in [0.1, 0.15) is 19.8 Å². The number of sulfonamides is 1. The Morgan fingerprint density at radius 2 is 1.97 bits per heavy atom. The van der Waals surface area contributed by atoms with Crippen molar-refractivity contribution in [3.63, 3.8) is 0 Å². The van der Waals surface area contributed by atoms with E-state index in [0.29, 0.717) is 44.0 Å². The third-order valence-electron chi connectivity index (χ3n) is 6.08. The monoisotopic (exact) mass is 465 g/mol. The molecule has 0 bridgehead atoms. The molecule has 0 spiro atoms. The molecular formula is C21H28ClN5O3S. The first-order chi connectivity index (χ1) is 14.9. The number of carbonyl (C=O) groups is 1. The summed E-state index contributed by atoms with van der Waals surface area (Å²) in [5, 5.41) is 0.751. The van der Waals surface area contributed by atoms with Gasteiger partial charge in [0.15, 0.2) is 5.03 Å². The normalized spacial score (nSPS) is 20.8. The zero-order valence-corrected chi connectivity index (χ0v) is 19.2. The highest BCUT2D eigenvalue weighted by molar-refractivity contribution is 7.89. The summed E-state index contributed by atoms with van der Waals surface area (Å²) in [5.41, 5.74) is 1.06.